The average molecular weight is 318 g/mol. The molecule has 1 unspecified atom stereocenters. The van der Waals surface area contributed by atoms with Gasteiger partial charge in [0.1, 0.15) is 16.3 Å². The van der Waals surface area contributed by atoms with E-state index >= 15 is 0 Å². The van der Waals surface area contributed by atoms with Crippen LogP contribution in [-0.2, 0) is 4.79 Å². The number of hydrogen-bond acceptors (Lipinski definition) is 3. The first-order valence-electron chi connectivity index (χ1n) is 6.04. The third-order valence-corrected chi connectivity index (χ3v) is 2.65. The zero-order chi connectivity index (χ0) is 15.5. The second-order valence-electron chi connectivity index (χ2n) is 5.44. The summed E-state index contributed by atoms with van der Waals surface area (Å²) in [6.07, 6.45) is 0. The van der Waals surface area contributed by atoms with E-state index in [-0.39, 0.29) is 27.3 Å². The van der Waals surface area contributed by atoms with Crippen LogP contribution in [0.25, 0.3) is 0 Å². The lowest BCUT2D eigenvalue weighted by Gasteiger charge is -2.23. The molecular formula is C13H17Cl2N3O2. The van der Waals surface area contributed by atoms with Gasteiger partial charge in [-0.1, -0.05) is 23.2 Å². The van der Waals surface area contributed by atoms with Crippen molar-refractivity contribution < 1.29 is 9.59 Å². The van der Waals surface area contributed by atoms with Gasteiger partial charge in [0.25, 0.3) is 5.91 Å². The second-order valence-corrected chi connectivity index (χ2v) is 6.21. The van der Waals surface area contributed by atoms with E-state index in [1.165, 1.54) is 12.1 Å². The average Bonchev–Trinajstić information content (AvgIpc) is 2.25. The van der Waals surface area contributed by atoms with Crippen LogP contribution in [0.4, 0.5) is 0 Å². The van der Waals surface area contributed by atoms with Gasteiger partial charge in [0, 0.05) is 11.1 Å². The molecule has 0 fully saturated rings. The maximum absolute atomic E-state index is 12.0. The minimum Gasteiger partial charge on any atom is -0.350 e. The zero-order valence-corrected chi connectivity index (χ0v) is 13.3. The van der Waals surface area contributed by atoms with Gasteiger partial charge in [0.2, 0.25) is 5.91 Å². The summed E-state index contributed by atoms with van der Waals surface area (Å²) in [5.41, 5.74) is -0.107. The standard InChI is InChI=1S/C13H17Cl2N3O2/c1-7(11(19)18-13(2,3)4)16-12(20)8-5-9(14)17-10(15)6-8/h5-7H,1-4H3,(H,16,20)(H,18,19). The van der Waals surface area contributed by atoms with Crippen molar-refractivity contribution in [3.63, 3.8) is 0 Å². The quantitative estimate of drug-likeness (QED) is 0.841. The Morgan fingerprint density at radius 2 is 1.70 bits per heavy atom. The van der Waals surface area contributed by atoms with Crippen molar-refractivity contribution in [3.05, 3.63) is 28.0 Å². The maximum atomic E-state index is 12.0. The van der Waals surface area contributed by atoms with E-state index in [0.29, 0.717) is 0 Å². The number of aromatic nitrogens is 1. The summed E-state index contributed by atoms with van der Waals surface area (Å²) < 4.78 is 0. The molecule has 0 radical (unpaired) electrons. The fraction of sp³-hybridized carbons (Fsp3) is 0.462. The summed E-state index contributed by atoms with van der Waals surface area (Å²) in [6, 6.07) is 2.10. The molecule has 0 saturated heterocycles. The minimum absolute atomic E-state index is 0.120. The first-order chi connectivity index (χ1) is 9.08. The van der Waals surface area contributed by atoms with E-state index in [2.05, 4.69) is 15.6 Å². The Balaban J connectivity index is 2.72. The topological polar surface area (TPSA) is 71.1 Å². The summed E-state index contributed by atoms with van der Waals surface area (Å²) in [4.78, 5) is 27.6. The van der Waals surface area contributed by atoms with Crippen LogP contribution >= 0.6 is 23.2 Å². The Kier molecular flexibility index (Phi) is 5.36. The number of carbonyl (C=O) groups excluding carboxylic acids is 2. The van der Waals surface area contributed by atoms with E-state index in [1.807, 2.05) is 20.8 Å². The molecule has 20 heavy (non-hydrogen) atoms. The fourth-order valence-electron chi connectivity index (χ4n) is 1.42. The minimum atomic E-state index is -0.674. The smallest absolute Gasteiger partial charge is 0.252 e. The van der Waals surface area contributed by atoms with E-state index in [4.69, 9.17) is 23.2 Å². The molecule has 2 N–H and O–H groups in total. The first-order valence-corrected chi connectivity index (χ1v) is 6.80. The predicted molar refractivity (Wildman–Crippen MR) is 79.1 cm³/mol. The van der Waals surface area contributed by atoms with Gasteiger partial charge in [0.05, 0.1) is 0 Å². The summed E-state index contributed by atoms with van der Waals surface area (Å²) in [5, 5.41) is 5.60. The highest BCUT2D eigenvalue weighted by molar-refractivity contribution is 6.33. The zero-order valence-electron chi connectivity index (χ0n) is 11.8. The number of carbonyl (C=O) groups is 2. The normalized spacial score (nSPS) is 12.7. The lowest BCUT2D eigenvalue weighted by Crippen LogP contribution is -2.50. The molecule has 1 aromatic heterocycles. The van der Waals surface area contributed by atoms with E-state index < -0.39 is 11.9 Å². The predicted octanol–water partition coefficient (Wildman–Crippen LogP) is 2.42. The molecule has 0 aliphatic rings. The third-order valence-electron chi connectivity index (χ3n) is 2.26. The summed E-state index contributed by atoms with van der Waals surface area (Å²) in [7, 11) is 0. The molecule has 0 bridgehead atoms. The number of amides is 2. The van der Waals surface area contributed by atoms with E-state index in [0.717, 1.165) is 0 Å². The van der Waals surface area contributed by atoms with Crippen LogP contribution in [0.1, 0.15) is 38.1 Å². The number of halogens is 2. The summed E-state index contributed by atoms with van der Waals surface area (Å²) >= 11 is 11.5. The van der Waals surface area contributed by atoms with Crippen LogP contribution in [0.2, 0.25) is 10.3 Å². The van der Waals surface area contributed by atoms with E-state index in [9.17, 15) is 9.59 Å². The van der Waals surface area contributed by atoms with Crippen molar-refractivity contribution in [2.75, 3.05) is 0 Å². The van der Waals surface area contributed by atoms with Gasteiger partial charge in [-0.05, 0) is 39.8 Å². The van der Waals surface area contributed by atoms with Crippen molar-refractivity contribution >= 4 is 35.0 Å². The van der Waals surface area contributed by atoms with Crippen LogP contribution < -0.4 is 10.6 Å². The molecule has 0 aliphatic carbocycles. The SMILES string of the molecule is CC(NC(=O)c1cc(Cl)nc(Cl)c1)C(=O)NC(C)(C)C. The van der Waals surface area contributed by atoms with Gasteiger partial charge >= 0.3 is 0 Å². The number of rotatable bonds is 3. The molecule has 1 atom stereocenters. The largest absolute Gasteiger partial charge is 0.350 e. The Morgan fingerprint density at radius 3 is 2.15 bits per heavy atom. The molecule has 1 rings (SSSR count). The van der Waals surface area contributed by atoms with Gasteiger partial charge in [0.15, 0.2) is 0 Å². The Bertz CT molecular complexity index is 507. The molecule has 5 nitrogen and oxygen atoms in total. The van der Waals surface area contributed by atoms with Crippen molar-refractivity contribution in [2.24, 2.45) is 0 Å². The highest BCUT2D eigenvalue weighted by Gasteiger charge is 2.21. The molecule has 1 aromatic rings. The van der Waals surface area contributed by atoms with Crippen molar-refractivity contribution in [3.8, 4) is 0 Å². The summed E-state index contributed by atoms with van der Waals surface area (Å²) in [5.74, 6) is -0.704. The molecule has 0 spiro atoms. The number of hydrogen-bond donors (Lipinski definition) is 2. The molecular weight excluding hydrogens is 301 g/mol. The Hall–Kier alpha value is -1.33. The second kappa shape index (κ2) is 6.41. The molecule has 1 heterocycles. The van der Waals surface area contributed by atoms with Gasteiger partial charge < -0.3 is 10.6 Å². The van der Waals surface area contributed by atoms with Crippen LogP contribution in [-0.4, -0.2) is 28.4 Å². The monoisotopic (exact) mass is 317 g/mol. The molecule has 110 valence electrons. The highest BCUT2D eigenvalue weighted by Crippen LogP contribution is 2.14. The van der Waals surface area contributed by atoms with Crippen LogP contribution in [0.15, 0.2) is 12.1 Å². The van der Waals surface area contributed by atoms with Gasteiger partial charge in [-0.25, -0.2) is 4.98 Å². The first kappa shape index (κ1) is 16.7. The van der Waals surface area contributed by atoms with E-state index in [1.54, 1.807) is 6.92 Å². The Labute approximate surface area is 128 Å². The highest BCUT2D eigenvalue weighted by atomic mass is 35.5. The molecule has 0 saturated carbocycles. The molecule has 2 amide bonds. The van der Waals surface area contributed by atoms with Crippen molar-refractivity contribution in [1.82, 2.24) is 15.6 Å². The van der Waals surface area contributed by atoms with Gasteiger partial charge in [-0.2, -0.15) is 0 Å². The van der Waals surface area contributed by atoms with Crippen LogP contribution in [0, 0.1) is 0 Å². The lowest BCUT2D eigenvalue weighted by molar-refractivity contribution is -0.124. The number of nitrogens with one attached hydrogen (secondary N) is 2. The molecule has 7 heteroatoms. The van der Waals surface area contributed by atoms with Crippen molar-refractivity contribution in [2.45, 2.75) is 39.3 Å². The fourth-order valence-corrected chi connectivity index (χ4v) is 1.88. The van der Waals surface area contributed by atoms with Gasteiger partial charge in [-0.3, -0.25) is 9.59 Å². The number of pyridine rings is 1. The third kappa shape index (κ3) is 5.35. The Morgan fingerprint density at radius 1 is 1.20 bits per heavy atom. The molecule has 0 aliphatic heterocycles. The maximum Gasteiger partial charge on any atom is 0.252 e. The lowest BCUT2D eigenvalue weighted by atomic mass is 10.1. The summed E-state index contributed by atoms with van der Waals surface area (Å²) in [6.45, 7) is 7.19. The van der Waals surface area contributed by atoms with Crippen LogP contribution in [0.5, 0.6) is 0 Å². The van der Waals surface area contributed by atoms with Gasteiger partial charge in [-0.15, -0.1) is 0 Å². The number of nitrogens with zero attached hydrogens (tertiary/aromatic N) is 1. The van der Waals surface area contributed by atoms with Crippen molar-refractivity contribution in [1.29, 1.82) is 0 Å². The molecule has 0 aromatic carbocycles. The van der Waals surface area contributed by atoms with Crippen LogP contribution in [0.3, 0.4) is 0 Å².